The van der Waals surface area contributed by atoms with Crippen molar-refractivity contribution in [2.24, 2.45) is 0 Å². The van der Waals surface area contributed by atoms with E-state index in [1.807, 2.05) is 18.2 Å². The summed E-state index contributed by atoms with van der Waals surface area (Å²) in [5.74, 6) is 0. The third-order valence-electron chi connectivity index (χ3n) is 12.4. The molecule has 0 aliphatic heterocycles. The SMILES string of the molecule is c1ccc(N(c2ccc(-c3ccc(S(c4ccccc4)(c4ccccc4)c4ccccc4)cc3)cc2)c2ccc(-c3cccc4c3oc3c4ccc4oc5ccccc5c43)cc2)cc1. The van der Waals surface area contributed by atoms with Crippen molar-refractivity contribution in [2.45, 2.75) is 19.6 Å². The lowest BCUT2D eigenvalue weighted by molar-refractivity contribution is 0.663. The van der Waals surface area contributed by atoms with Gasteiger partial charge in [-0.05, 0) is 120 Å². The Morgan fingerprint density at radius 3 is 1.33 bits per heavy atom. The standard InChI is InChI=1S/C60H41NO2S/c1-5-16-45(17-6-1)61(47-36-30-44(31-37-47)52-25-15-26-53-54-40-41-57-58(60(54)63-59(52)53)55-24-13-14-27-56(55)62-57)46-34-28-42(29-35-46)43-32-38-51(39-33-43)64(48-18-7-2-8-19-48,49-20-9-3-10-21-49)50-22-11-4-12-23-50/h1-41H. The van der Waals surface area contributed by atoms with Crippen LogP contribution in [-0.2, 0) is 0 Å². The minimum atomic E-state index is -1.76. The largest absolute Gasteiger partial charge is 0.456 e. The van der Waals surface area contributed by atoms with Crippen LogP contribution in [0.1, 0.15) is 0 Å². The summed E-state index contributed by atoms with van der Waals surface area (Å²) in [7, 11) is -1.76. The number of anilines is 3. The second-order valence-electron chi connectivity index (χ2n) is 16.0. The smallest absolute Gasteiger partial charge is 0.147 e. The predicted molar refractivity (Wildman–Crippen MR) is 267 cm³/mol. The first-order chi connectivity index (χ1) is 31.7. The molecule has 0 spiro atoms. The predicted octanol–water partition coefficient (Wildman–Crippen LogP) is 17.6. The topological polar surface area (TPSA) is 29.5 Å². The van der Waals surface area contributed by atoms with Gasteiger partial charge in [-0.2, -0.15) is 0 Å². The van der Waals surface area contributed by atoms with Gasteiger partial charge in [0.1, 0.15) is 22.3 Å². The highest BCUT2D eigenvalue weighted by Gasteiger charge is 2.33. The Kier molecular flexibility index (Phi) is 9.24. The molecule has 2 aromatic heterocycles. The number of rotatable bonds is 9. The Labute approximate surface area is 373 Å². The van der Waals surface area contributed by atoms with Crippen molar-refractivity contribution in [3.8, 4) is 22.3 Å². The highest BCUT2D eigenvalue weighted by molar-refractivity contribution is 8.34. The molecule has 4 heteroatoms. The molecule has 0 radical (unpaired) electrons. The maximum atomic E-state index is 6.80. The molecule has 0 N–H and O–H groups in total. The van der Waals surface area contributed by atoms with Crippen LogP contribution in [0.3, 0.4) is 0 Å². The van der Waals surface area contributed by atoms with Crippen LogP contribution < -0.4 is 4.90 Å². The molecule has 0 aliphatic rings. The van der Waals surface area contributed by atoms with Crippen molar-refractivity contribution in [1.82, 2.24) is 0 Å². The van der Waals surface area contributed by atoms with E-state index in [1.165, 1.54) is 25.1 Å². The van der Waals surface area contributed by atoms with E-state index in [1.54, 1.807) is 0 Å². The second kappa shape index (κ2) is 15.7. The minimum absolute atomic E-state index is 0.832. The summed E-state index contributed by atoms with van der Waals surface area (Å²) < 4.78 is 13.0. The molecule has 304 valence electrons. The van der Waals surface area contributed by atoms with Crippen LogP contribution >= 0.6 is 10.0 Å². The molecule has 0 fully saturated rings. The van der Waals surface area contributed by atoms with E-state index >= 15 is 0 Å². The Morgan fingerprint density at radius 1 is 0.281 bits per heavy atom. The van der Waals surface area contributed by atoms with Crippen LogP contribution in [0.15, 0.2) is 277 Å². The molecule has 2 heterocycles. The molecule has 0 amide bonds. The van der Waals surface area contributed by atoms with Crippen molar-refractivity contribution in [2.75, 3.05) is 4.90 Å². The first kappa shape index (κ1) is 37.7. The summed E-state index contributed by atoms with van der Waals surface area (Å²) in [6.07, 6.45) is 0. The molecule has 0 aliphatic carbocycles. The van der Waals surface area contributed by atoms with Crippen LogP contribution in [0, 0.1) is 0 Å². The van der Waals surface area contributed by atoms with Gasteiger partial charge in [-0.3, -0.25) is 0 Å². The van der Waals surface area contributed by atoms with Crippen molar-refractivity contribution in [3.05, 3.63) is 249 Å². The average molecular weight is 840 g/mol. The van der Waals surface area contributed by atoms with E-state index in [0.29, 0.717) is 0 Å². The highest BCUT2D eigenvalue weighted by atomic mass is 32.3. The van der Waals surface area contributed by atoms with Gasteiger partial charge in [0.15, 0.2) is 0 Å². The number of hydrogen-bond donors (Lipinski definition) is 0. The first-order valence-corrected chi connectivity index (χ1v) is 23.3. The monoisotopic (exact) mass is 839 g/mol. The number of nitrogens with zero attached hydrogens (tertiary/aromatic N) is 1. The normalized spacial score (nSPS) is 12.0. The van der Waals surface area contributed by atoms with E-state index in [4.69, 9.17) is 8.83 Å². The van der Waals surface area contributed by atoms with Gasteiger partial charge in [0.25, 0.3) is 0 Å². The van der Waals surface area contributed by atoms with Gasteiger partial charge in [-0.15, -0.1) is 10.0 Å². The fraction of sp³-hybridized carbons (Fsp3) is 0. The Morgan fingerprint density at radius 2 is 0.734 bits per heavy atom. The van der Waals surface area contributed by atoms with E-state index in [2.05, 4.69) is 235 Å². The van der Waals surface area contributed by atoms with Gasteiger partial charge in [-0.1, -0.05) is 146 Å². The molecular formula is C60H41NO2S. The molecule has 0 unspecified atom stereocenters. The molecule has 0 saturated heterocycles. The Bertz CT molecular complexity index is 3470. The summed E-state index contributed by atoms with van der Waals surface area (Å²) in [4.78, 5) is 7.56. The fourth-order valence-electron chi connectivity index (χ4n) is 9.45. The summed E-state index contributed by atoms with van der Waals surface area (Å²) >= 11 is 0. The Balaban J connectivity index is 0.892. The van der Waals surface area contributed by atoms with Crippen LogP contribution in [0.2, 0.25) is 0 Å². The van der Waals surface area contributed by atoms with Gasteiger partial charge in [0.05, 0.1) is 5.39 Å². The van der Waals surface area contributed by atoms with Crippen molar-refractivity contribution >= 4 is 71.0 Å². The van der Waals surface area contributed by atoms with Crippen LogP contribution in [-0.4, -0.2) is 0 Å². The average Bonchev–Trinajstić information content (AvgIpc) is 3.95. The molecule has 10 aromatic carbocycles. The minimum Gasteiger partial charge on any atom is -0.456 e. The van der Waals surface area contributed by atoms with Gasteiger partial charge in [-0.25, -0.2) is 0 Å². The van der Waals surface area contributed by atoms with Crippen LogP contribution in [0.25, 0.3) is 66.1 Å². The molecule has 12 aromatic rings. The van der Waals surface area contributed by atoms with E-state index < -0.39 is 10.0 Å². The van der Waals surface area contributed by atoms with Crippen LogP contribution in [0.4, 0.5) is 17.1 Å². The number of hydrogen-bond acceptors (Lipinski definition) is 3. The van der Waals surface area contributed by atoms with Crippen molar-refractivity contribution in [3.63, 3.8) is 0 Å². The molecule has 0 atom stereocenters. The zero-order chi connectivity index (χ0) is 42.5. The molecule has 0 saturated carbocycles. The lowest BCUT2D eigenvalue weighted by Crippen LogP contribution is -2.09. The quantitative estimate of drug-likeness (QED) is 0.145. The Hall–Kier alpha value is -8.05. The van der Waals surface area contributed by atoms with Crippen molar-refractivity contribution < 1.29 is 8.83 Å². The lowest BCUT2D eigenvalue weighted by atomic mass is 10.0. The van der Waals surface area contributed by atoms with E-state index in [-0.39, 0.29) is 0 Å². The first-order valence-electron chi connectivity index (χ1n) is 21.6. The third-order valence-corrected chi connectivity index (χ3v) is 16.3. The fourth-order valence-corrected chi connectivity index (χ4v) is 13.3. The number of benzene rings is 10. The van der Waals surface area contributed by atoms with Crippen molar-refractivity contribution in [1.29, 1.82) is 0 Å². The zero-order valence-electron chi connectivity index (χ0n) is 34.8. The van der Waals surface area contributed by atoms with E-state index in [0.717, 1.165) is 77.6 Å². The van der Waals surface area contributed by atoms with Gasteiger partial charge < -0.3 is 13.7 Å². The molecular weight excluding hydrogens is 799 g/mol. The second-order valence-corrected chi connectivity index (χ2v) is 19.1. The summed E-state index contributed by atoms with van der Waals surface area (Å²) in [6.45, 7) is 0. The number of fused-ring (bicyclic) bond motifs is 7. The molecule has 64 heavy (non-hydrogen) atoms. The highest BCUT2D eigenvalue weighted by Crippen LogP contribution is 2.73. The van der Waals surface area contributed by atoms with Gasteiger partial charge in [0.2, 0.25) is 0 Å². The maximum absolute atomic E-state index is 6.80. The number of furan rings is 2. The zero-order valence-corrected chi connectivity index (χ0v) is 35.7. The van der Waals surface area contributed by atoms with E-state index in [9.17, 15) is 0 Å². The maximum Gasteiger partial charge on any atom is 0.147 e. The summed E-state index contributed by atoms with van der Waals surface area (Å²) in [6, 6.07) is 89.4. The molecule has 12 rings (SSSR count). The van der Waals surface area contributed by atoms with Gasteiger partial charge in [0, 0.05) is 58.4 Å². The molecule has 0 bridgehead atoms. The summed E-state index contributed by atoms with van der Waals surface area (Å²) in [5, 5.41) is 4.26. The third kappa shape index (κ3) is 6.22. The van der Waals surface area contributed by atoms with Gasteiger partial charge >= 0.3 is 0 Å². The molecule has 3 nitrogen and oxygen atoms in total. The van der Waals surface area contributed by atoms with Crippen LogP contribution in [0.5, 0.6) is 0 Å². The number of para-hydroxylation sites is 3. The summed E-state index contributed by atoms with van der Waals surface area (Å²) in [5.41, 5.74) is 11.1. The lowest BCUT2D eigenvalue weighted by Gasteiger charge is -2.42.